The molecule has 0 aromatic heterocycles. The van der Waals surface area contributed by atoms with Gasteiger partial charge < -0.3 is 0 Å². The average Bonchev–Trinajstić information content (AvgIpc) is 1.36. The van der Waals surface area contributed by atoms with Crippen molar-refractivity contribution >= 4 is 65.3 Å². The first-order chi connectivity index (χ1) is 2.64. The fraction of sp³-hybridized carbons (Fsp3) is 0. The molecule has 0 aliphatic heterocycles. The molecule has 38 valence electrons. The van der Waals surface area contributed by atoms with Gasteiger partial charge in [0, 0.05) is 0 Å². The van der Waals surface area contributed by atoms with E-state index < -0.39 is 0 Å². The number of rotatable bonds is 0. The maximum absolute atomic E-state index is 4.99. The molecular formula is C2HCl4Li. The molecule has 0 radical (unpaired) electrons. The number of halogens is 4. The van der Waals surface area contributed by atoms with Crippen molar-refractivity contribution in [2.75, 3.05) is 0 Å². The Balaban J connectivity index is 0. The summed E-state index contributed by atoms with van der Waals surface area (Å²) in [5.74, 6) is 0. The summed E-state index contributed by atoms with van der Waals surface area (Å²) in [5, 5.41) is 0. The van der Waals surface area contributed by atoms with Crippen molar-refractivity contribution in [2.45, 2.75) is 0 Å². The van der Waals surface area contributed by atoms with Crippen molar-refractivity contribution in [3.05, 3.63) is 8.98 Å². The molecule has 0 N–H and O–H groups in total. The summed E-state index contributed by atoms with van der Waals surface area (Å²) in [6.45, 7) is 0. The fourth-order valence-electron chi connectivity index (χ4n) is 0. The van der Waals surface area contributed by atoms with Crippen molar-refractivity contribution in [1.82, 2.24) is 0 Å². The van der Waals surface area contributed by atoms with Gasteiger partial charge in [0.05, 0.1) is 0 Å². The average molecular weight is 174 g/mol. The van der Waals surface area contributed by atoms with E-state index in [4.69, 9.17) is 46.4 Å². The SMILES string of the molecule is ClC(Cl)=C(Cl)Cl.[LiH]. The third kappa shape index (κ3) is 7.50. The molecule has 5 heteroatoms. The standard InChI is InChI=1S/C2Cl4.Li.H/c3-1(4)2(5)6;;. The van der Waals surface area contributed by atoms with E-state index in [1.54, 1.807) is 0 Å². The summed E-state index contributed by atoms with van der Waals surface area (Å²) < 4.78 is -0.198. The van der Waals surface area contributed by atoms with Gasteiger partial charge in [-0.1, -0.05) is 46.4 Å². The Morgan fingerprint density at radius 3 is 0.857 bits per heavy atom. The van der Waals surface area contributed by atoms with E-state index in [-0.39, 0.29) is 27.8 Å². The maximum atomic E-state index is 4.99. The van der Waals surface area contributed by atoms with Gasteiger partial charge in [-0.2, -0.15) is 0 Å². The Kier molecular flexibility index (Phi) is 9.10. The molecule has 0 rings (SSSR count). The van der Waals surface area contributed by atoms with Gasteiger partial charge in [-0.15, -0.1) is 0 Å². The molecule has 0 aliphatic rings. The van der Waals surface area contributed by atoms with Gasteiger partial charge in [0.1, 0.15) is 8.98 Å². The molecule has 7 heavy (non-hydrogen) atoms. The summed E-state index contributed by atoms with van der Waals surface area (Å²) in [5.41, 5.74) is 0. The van der Waals surface area contributed by atoms with Gasteiger partial charge in [-0.25, -0.2) is 0 Å². The Hall–Kier alpha value is 1.50. The molecule has 0 heterocycles. The van der Waals surface area contributed by atoms with E-state index in [9.17, 15) is 0 Å². The summed E-state index contributed by atoms with van der Waals surface area (Å²) >= 11 is 20.0. The second kappa shape index (κ2) is 5.63. The van der Waals surface area contributed by atoms with Gasteiger partial charge in [0.2, 0.25) is 0 Å². The fourth-order valence-corrected chi connectivity index (χ4v) is 0. The number of hydrogen-bond acceptors (Lipinski definition) is 0. The Labute approximate surface area is 73.9 Å². The van der Waals surface area contributed by atoms with Crippen LogP contribution in [0.1, 0.15) is 0 Å². The van der Waals surface area contributed by atoms with Crippen LogP contribution in [0.2, 0.25) is 0 Å². The second-order valence-electron chi connectivity index (χ2n) is 0.521. The predicted octanol–water partition coefficient (Wildman–Crippen LogP) is 2.42. The molecule has 0 spiro atoms. The van der Waals surface area contributed by atoms with Crippen LogP contribution in [0, 0.1) is 0 Å². The van der Waals surface area contributed by atoms with Crippen molar-refractivity contribution in [1.29, 1.82) is 0 Å². The van der Waals surface area contributed by atoms with E-state index in [0.29, 0.717) is 0 Å². The van der Waals surface area contributed by atoms with Crippen molar-refractivity contribution < 1.29 is 0 Å². The van der Waals surface area contributed by atoms with E-state index in [1.807, 2.05) is 0 Å². The molecule has 0 aliphatic carbocycles. The Bertz CT molecular complexity index is 59.8. The van der Waals surface area contributed by atoms with Gasteiger partial charge in [0.25, 0.3) is 0 Å². The zero-order valence-corrected chi connectivity index (χ0v) is 5.54. The van der Waals surface area contributed by atoms with E-state index in [0.717, 1.165) is 0 Å². The Morgan fingerprint density at radius 2 is 0.857 bits per heavy atom. The molecule has 0 fully saturated rings. The van der Waals surface area contributed by atoms with Crippen molar-refractivity contribution in [3.63, 3.8) is 0 Å². The number of hydrogen-bond donors (Lipinski definition) is 0. The third-order valence-electron chi connectivity index (χ3n) is 0.143. The molecule has 0 amide bonds. The molecule has 0 saturated heterocycles. The van der Waals surface area contributed by atoms with Crippen LogP contribution >= 0.6 is 46.4 Å². The molecule has 0 bridgehead atoms. The van der Waals surface area contributed by atoms with Gasteiger partial charge in [-0.05, 0) is 0 Å². The zero-order valence-electron chi connectivity index (χ0n) is 2.51. The van der Waals surface area contributed by atoms with Crippen molar-refractivity contribution in [2.24, 2.45) is 0 Å². The van der Waals surface area contributed by atoms with Gasteiger partial charge in [0.15, 0.2) is 0 Å². The monoisotopic (exact) mass is 172 g/mol. The molecule has 0 aromatic carbocycles. The predicted molar refractivity (Wildman–Crippen MR) is 37.6 cm³/mol. The van der Waals surface area contributed by atoms with Crippen molar-refractivity contribution in [3.8, 4) is 0 Å². The quantitative estimate of drug-likeness (QED) is 0.494. The summed E-state index contributed by atoms with van der Waals surface area (Å²) in [4.78, 5) is 0. The third-order valence-corrected chi connectivity index (χ3v) is 1.29. The van der Waals surface area contributed by atoms with Crippen LogP contribution in [0.4, 0.5) is 0 Å². The summed E-state index contributed by atoms with van der Waals surface area (Å²) in [7, 11) is 0. The van der Waals surface area contributed by atoms with Crippen LogP contribution in [-0.2, 0) is 0 Å². The minimum absolute atomic E-state index is 0. The van der Waals surface area contributed by atoms with Gasteiger partial charge >= 0.3 is 18.9 Å². The first-order valence-electron chi connectivity index (χ1n) is 1.01. The van der Waals surface area contributed by atoms with E-state index in [2.05, 4.69) is 0 Å². The first kappa shape index (κ1) is 11.3. The van der Waals surface area contributed by atoms with Crippen LogP contribution in [0.5, 0.6) is 0 Å². The van der Waals surface area contributed by atoms with Crippen LogP contribution in [0.25, 0.3) is 0 Å². The molecular weight excluding hydrogens is 173 g/mol. The molecule has 0 nitrogen and oxygen atoms in total. The topological polar surface area (TPSA) is 0 Å². The van der Waals surface area contributed by atoms with Gasteiger partial charge in [-0.3, -0.25) is 0 Å². The van der Waals surface area contributed by atoms with E-state index in [1.165, 1.54) is 0 Å². The normalized spacial score (nSPS) is 6.86. The summed E-state index contributed by atoms with van der Waals surface area (Å²) in [6, 6.07) is 0. The first-order valence-corrected chi connectivity index (χ1v) is 2.52. The zero-order chi connectivity index (χ0) is 5.15. The molecule has 0 saturated carbocycles. The van der Waals surface area contributed by atoms with E-state index >= 15 is 0 Å². The second-order valence-corrected chi connectivity index (χ2v) is 2.42. The summed E-state index contributed by atoms with van der Waals surface area (Å²) in [6.07, 6.45) is 0. The minimum atomic E-state index is -0.0988. The van der Waals surface area contributed by atoms with Crippen LogP contribution in [0.15, 0.2) is 8.98 Å². The molecule has 0 unspecified atom stereocenters. The van der Waals surface area contributed by atoms with Crippen LogP contribution in [0.3, 0.4) is 0 Å². The molecule has 0 atom stereocenters. The Morgan fingerprint density at radius 1 is 0.714 bits per heavy atom. The van der Waals surface area contributed by atoms with Crippen LogP contribution in [-0.4, -0.2) is 18.9 Å². The van der Waals surface area contributed by atoms with Crippen LogP contribution < -0.4 is 0 Å². The molecule has 0 aromatic rings.